The van der Waals surface area contributed by atoms with Crippen LogP contribution in [-0.4, -0.2) is 67.8 Å². The van der Waals surface area contributed by atoms with E-state index in [1.54, 1.807) is 36.3 Å². The van der Waals surface area contributed by atoms with Crippen molar-refractivity contribution in [3.63, 3.8) is 0 Å². The van der Waals surface area contributed by atoms with Gasteiger partial charge in [0.25, 0.3) is 15.9 Å². The largest absolute Gasteiger partial charge is 0.465 e. The van der Waals surface area contributed by atoms with E-state index < -0.39 is 16.0 Å². The Bertz CT molecular complexity index is 955. The lowest BCUT2D eigenvalue weighted by Crippen LogP contribution is -2.50. The summed E-state index contributed by atoms with van der Waals surface area (Å²) >= 11 is 1.18. The standard InChI is InChI=1S/C17H21N3O5S2/c1-11-14(17(22)25-3)12(2)18-15(11)16(21)19-6-8-20(9-7-19)27(23,24)13-5-4-10-26-13/h4-5,10,18H,6-9H2,1-3H3. The molecule has 1 amide bonds. The first-order valence-electron chi connectivity index (χ1n) is 8.37. The van der Waals surface area contributed by atoms with Gasteiger partial charge in [-0.2, -0.15) is 4.31 Å². The van der Waals surface area contributed by atoms with Crippen LogP contribution in [0.1, 0.15) is 32.1 Å². The molecular formula is C17H21N3O5S2. The average Bonchev–Trinajstić information content (AvgIpc) is 3.29. The van der Waals surface area contributed by atoms with E-state index in [-0.39, 0.29) is 32.1 Å². The van der Waals surface area contributed by atoms with Crippen LogP contribution in [0.15, 0.2) is 21.7 Å². The maximum Gasteiger partial charge on any atom is 0.339 e. The zero-order valence-corrected chi connectivity index (χ0v) is 16.9. The third-order valence-electron chi connectivity index (χ3n) is 4.66. The number of esters is 1. The Morgan fingerprint density at radius 3 is 2.41 bits per heavy atom. The smallest absolute Gasteiger partial charge is 0.339 e. The van der Waals surface area contributed by atoms with Gasteiger partial charge in [0.2, 0.25) is 0 Å². The second-order valence-corrected chi connectivity index (χ2v) is 9.36. The lowest BCUT2D eigenvalue weighted by Gasteiger charge is -2.33. The summed E-state index contributed by atoms with van der Waals surface area (Å²) in [5.74, 6) is -0.744. The van der Waals surface area contributed by atoms with Crippen molar-refractivity contribution in [1.82, 2.24) is 14.2 Å². The number of carbonyl (C=O) groups excluding carboxylic acids is 2. The quantitative estimate of drug-likeness (QED) is 0.771. The first kappa shape index (κ1) is 19.6. The van der Waals surface area contributed by atoms with Crippen LogP contribution in [0.25, 0.3) is 0 Å². The van der Waals surface area contributed by atoms with Gasteiger partial charge in [-0.05, 0) is 30.9 Å². The molecule has 0 atom stereocenters. The lowest BCUT2D eigenvalue weighted by molar-refractivity contribution is 0.0599. The van der Waals surface area contributed by atoms with Crippen molar-refractivity contribution < 1.29 is 22.7 Å². The molecule has 27 heavy (non-hydrogen) atoms. The molecule has 0 radical (unpaired) electrons. The number of thiophene rings is 1. The molecule has 2 aromatic heterocycles. The molecule has 1 aliphatic rings. The molecule has 8 nitrogen and oxygen atoms in total. The van der Waals surface area contributed by atoms with Gasteiger partial charge < -0.3 is 14.6 Å². The van der Waals surface area contributed by atoms with Gasteiger partial charge in [0, 0.05) is 31.9 Å². The average molecular weight is 412 g/mol. The van der Waals surface area contributed by atoms with Gasteiger partial charge in [-0.3, -0.25) is 4.79 Å². The number of aromatic nitrogens is 1. The number of hydrogen-bond donors (Lipinski definition) is 1. The number of methoxy groups -OCH3 is 1. The minimum Gasteiger partial charge on any atom is -0.465 e. The SMILES string of the molecule is COC(=O)c1c(C)[nH]c(C(=O)N2CCN(S(=O)(=O)c3cccs3)CC2)c1C. The number of amides is 1. The summed E-state index contributed by atoms with van der Waals surface area (Å²) in [6, 6.07) is 3.28. The number of hydrogen-bond acceptors (Lipinski definition) is 6. The molecule has 3 heterocycles. The summed E-state index contributed by atoms with van der Waals surface area (Å²) in [4.78, 5) is 29.3. The van der Waals surface area contributed by atoms with Crippen LogP contribution >= 0.6 is 11.3 Å². The lowest BCUT2D eigenvalue weighted by atomic mass is 10.1. The Balaban J connectivity index is 1.74. The molecule has 1 N–H and O–H groups in total. The number of rotatable bonds is 4. The number of nitrogens with one attached hydrogen (secondary N) is 1. The zero-order chi connectivity index (χ0) is 19.8. The van der Waals surface area contributed by atoms with E-state index in [4.69, 9.17) is 4.74 Å². The van der Waals surface area contributed by atoms with Crippen molar-refractivity contribution in [3.8, 4) is 0 Å². The monoisotopic (exact) mass is 411 g/mol. The first-order valence-corrected chi connectivity index (χ1v) is 10.7. The van der Waals surface area contributed by atoms with Crippen molar-refractivity contribution in [2.45, 2.75) is 18.1 Å². The van der Waals surface area contributed by atoms with Gasteiger partial charge in [-0.15, -0.1) is 11.3 Å². The Labute approximate surface area is 161 Å². The van der Waals surface area contributed by atoms with E-state index in [1.165, 1.54) is 22.8 Å². The second-order valence-electron chi connectivity index (χ2n) is 6.24. The minimum atomic E-state index is -3.51. The van der Waals surface area contributed by atoms with E-state index >= 15 is 0 Å². The number of sulfonamides is 1. The van der Waals surface area contributed by atoms with E-state index in [0.717, 1.165) is 0 Å². The first-order chi connectivity index (χ1) is 12.8. The minimum absolute atomic E-state index is 0.231. The van der Waals surface area contributed by atoms with Crippen molar-refractivity contribution >= 4 is 33.2 Å². The van der Waals surface area contributed by atoms with Gasteiger partial charge in [0.15, 0.2) is 0 Å². The summed E-state index contributed by atoms with van der Waals surface area (Å²) in [6.45, 7) is 4.44. The third-order valence-corrected chi connectivity index (χ3v) is 7.93. The van der Waals surface area contributed by atoms with Crippen LogP contribution < -0.4 is 0 Å². The number of aryl methyl sites for hydroxylation is 1. The fourth-order valence-corrected chi connectivity index (χ4v) is 5.77. The molecule has 1 saturated heterocycles. The van der Waals surface area contributed by atoms with Crippen molar-refractivity contribution in [2.24, 2.45) is 0 Å². The molecule has 0 spiro atoms. The van der Waals surface area contributed by atoms with Crippen LogP contribution in [0, 0.1) is 13.8 Å². The highest BCUT2D eigenvalue weighted by Gasteiger charge is 2.32. The molecule has 3 rings (SSSR count). The van der Waals surface area contributed by atoms with E-state index in [2.05, 4.69) is 4.98 Å². The summed E-state index contributed by atoms with van der Waals surface area (Å²) < 4.78 is 31.6. The Morgan fingerprint density at radius 1 is 1.19 bits per heavy atom. The zero-order valence-electron chi connectivity index (χ0n) is 15.3. The molecule has 0 aliphatic carbocycles. The van der Waals surface area contributed by atoms with Gasteiger partial charge in [0.1, 0.15) is 9.90 Å². The number of H-pyrrole nitrogens is 1. The summed E-state index contributed by atoms with van der Waals surface area (Å²) in [7, 11) is -2.22. The highest BCUT2D eigenvalue weighted by molar-refractivity contribution is 7.91. The van der Waals surface area contributed by atoms with Gasteiger partial charge in [-0.25, -0.2) is 13.2 Å². The van der Waals surface area contributed by atoms with Crippen molar-refractivity contribution in [1.29, 1.82) is 0 Å². The molecule has 0 aromatic carbocycles. The van der Waals surface area contributed by atoms with Crippen LogP contribution in [0.2, 0.25) is 0 Å². The molecule has 0 saturated carbocycles. The van der Waals surface area contributed by atoms with E-state index in [1.807, 2.05) is 0 Å². The summed E-state index contributed by atoms with van der Waals surface area (Å²) in [6.07, 6.45) is 0. The van der Waals surface area contributed by atoms with Crippen LogP contribution in [0.3, 0.4) is 0 Å². The number of carbonyl (C=O) groups is 2. The van der Waals surface area contributed by atoms with Gasteiger partial charge in [-0.1, -0.05) is 6.07 Å². The summed E-state index contributed by atoms with van der Waals surface area (Å²) in [5, 5.41) is 1.72. The fourth-order valence-electron chi connectivity index (χ4n) is 3.20. The molecule has 10 heteroatoms. The normalized spacial score (nSPS) is 15.7. The number of nitrogens with zero attached hydrogens (tertiary/aromatic N) is 2. The predicted octanol–water partition coefficient (Wildman–Crippen LogP) is 1.63. The Morgan fingerprint density at radius 2 is 1.85 bits per heavy atom. The van der Waals surface area contributed by atoms with E-state index in [9.17, 15) is 18.0 Å². The number of aromatic amines is 1. The van der Waals surface area contributed by atoms with Crippen molar-refractivity contribution in [3.05, 3.63) is 40.0 Å². The molecule has 0 unspecified atom stereocenters. The van der Waals surface area contributed by atoms with E-state index in [0.29, 0.717) is 26.7 Å². The van der Waals surface area contributed by atoms with Crippen molar-refractivity contribution in [2.75, 3.05) is 33.3 Å². The molecule has 146 valence electrons. The summed E-state index contributed by atoms with van der Waals surface area (Å²) in [5.41, 5.74) is 1.81. The third kappa shape index (κ3) is 3.52. The maximum absolute atomic E-state index is 12.9. The Hall–Kier alpha value is -2.17. The topological polar surface area (TPSA) is 99.8 Å². The highest BCUT2D eigenvalue weighted by atomic mass is 32.2. The van der Waals surface area contributed by atoms with Crippen LogP contribution in [0.4, 0.5) is 0 Å². The van der Waals surface area contributed by atoms with Gasteiger partial charge >= 0.3 is 5.97 Å². The predicted molar refractivity (Wildman–Crippen MR) is 101 cm³/mol. The maximum atomic E-state index is 12.9. The molecular weight excluding hydrogens is 390 g/mol. The fraction of sp³-hybridized carbons (Fsp3) is 0.412. The van der Waals surface area contributed by atoms with Gasteiger partial charge in [0.05, 0.1) is 12.7 Å². The Kier molecular flexibility index (Phi) is 5.41. The number of ether oxygens (including phenoxy) is 1. The molecule has 2 aromatic rings. The molecule has 1 aliphatic heterocycles. The van der Waals surface area contributed by atoms with Crippen LogP contribution in [-0.2, 0) is 14.8 Å². The molecule has 0 bridgehead atoms. The van der Waals surface area contributed by atoms with Crippen LogP contribution in [0.5, 0.6) is 0 Å². The number of piperazine rings is 1. The second kappa shape index (κ2) is 7.45. The molecule has 1 fully saturated rings. The highest BCUT2D eigenvalue weighted by Crippen LogP contribution is 2.24.